The zero-order valence-corrected chi connectivity index (χ0v) is 8.63. The summed E-state index contributed by atoms with van der Waals surface area (Å²) in [5.74, 6) is 0.926. The summed E-state index contributed by atoms with van der Waals surface area (Å²) in [6.07, 6.45) is 6.29. The summed E-state index contributed by atoms with van der Waals surface area (Å²) in [6, 6.07) is 0. The first kappa shape index (κ1) is 10.5. The van der Waals surface area contributed by atoms with Crippen molar-refractivity contribution in [3.63, 3.8) is 0 Å². The predicted octanol–water partition coefficient (Wildman–Crippen LogP) is 1.45. The second-order valence-electron chi connectivity index (χ2n) is 2.90. The molecule has 4 heteroatoms. The van der Waals surface area contributed by atoms with E-state index in [0.717, 1.165) is 24.4 Å². The van der Waals surface area contributed by atoms with Crippen molar-refractivity contribution in [2.45, 2.75) is 24.3 Å². The first-order valence-corrected chi connectivity index (χ1v) is 5.44. The lowest BCUT2D eigenvalue weighted by Gasteiger charge is -2.08. The van der Waals surface area contributed by atoms with E-state index in [9.17, 15) is 0 Å². The molecule has 0 aliphatic carbocycles. The highest BCUT2D eigenvalue weighted by molar-refractivity contribution is 7.99. The molecular formula is C9H15N3S. The highest BCUT2D eigenvalue weighted by Gasteiger charge is 2.02. The minimum Gasteiger partial charge on any atom is -0.330 e. The number of hydrogen-bond donors (Lipinski definition) is 1. The SMILES string of the molecule is CC(CCN)SCc1cnccn1. The molecule has 0 aromatic carbocycles. The van der Waals surface area contributed by atoms with Crippen molar-refractivity contribution >= 4 is 11.8 Å². The summed E-state index contributed by atoms with van der Waals surface area (Å²) < 4.78 is 0. The molecule has 1 aromatic rings. The highest BCUT2D eigenvalue weighted by atomic mass is 32.2. The van der Waals surface area contributed by atoms with E-state index in [1.165, 1.54) is 0 Å². The zero-order valence-electron chi connectivity index (χ0n) is 7.81. The van der Waals surface area contributed by atoms with Crippen molar-refractivity contribution < 1.29 is 0 Å². The Bertz CT molecular complexity index is 228. The first-order chi connectivity index (χ1) is 6.33. The van der Waals surface area contributed by atoms with E-state index >= 15 is 0 Å². The van der Waals surface area contributed by atoms with Gasteiger partial charge in [0.15, 0.2) is 0 Å². The zero-order chi connectivity index (χ0) is 9.52. The molecule has 3 nitrogen and oxygen atoms in total. The molecule has 2 N–H and O–H groups in total. The second-order valence-corrected chi connectivity index (χ2v) is 4.32. The molecule has 1 rings (SSSR count). The van der Waals surface area contributed by atoms with Crippen LogP contribution in [-0.4, -0.2) is 21.8 Å². The van der Waals surface area contributed by atoms with E-state index in [-0.39, 0.29) is 0 Å². The van der Waals surface area contributed by atoms with E-state index in [1.54, 1.807) is 12.4 Å². The number of nitrogens with zero attached hydrogens (tertiary/aromatic N) is 2. The summed E-state index contributed by atoms with van der Waals surface area (Å²) in [6.45, 7) is 2.95. The van der Waals surface area contributed by atoms with Crippen LogP contribution in [0.15, 0.2) is 18.6 Å². The number of hydrogen-bond acceptors (Lipinski definition) is 4. The molecular weight excluding hydrogens is 182 g/mol. The van der Waals surface area contributed by atoms with Crippen LogP contribution in [0.5, 0.6) is 0 Å². The smallest absolute Gasteiger partial charge is 0.0685 e. The minimum atomic E-state index is 0.604. The van der Waals surface area contributed by atoms with E-state index in [0.29, 0.717) is 5.25 Å². The molecule has 0 aliphatic heterocycles. The molecule has 0 fully saturated rings. The third kappa shape index (κ3) is 4.24. The van der Waals surface area contributed by atoms with Crippen LogP contribution in [-0.2, 0) is 5.75 Å². The Morgan fingerprint density at radius 1 is 1.54 bits per heavy atom. The van der Waals surface area contributed by atoms with Gasteiger partial charge in [-0.15, -0.1) is 0 Å². The minimum absolute atomic E-state index is 0.604. The van der Waals surface area contributed by atoms with Crippen molar-refractivity contribution in [1.29, 1.82) is 0 Å². The third-order valence-electron chi connectivity index (χ3n) is 1.71. The average Bonchev–Trinajstić information content (AvgIpc) is 2.17. The van der Waals surface area contributed by atoms with Gasteiger partial charge in [-0.05, 0) is 13.0 Å². The lowest BCUT2D eigenvalue weighted by atomic mass is 10.3. The second kappa shape index (κ2) is 5.94. The first-order valence-electron chi connectivity index (χ1n) is 4.39. The molecule has 1 atom stereocenters. The van der Waals surface area contributed by atoms with E-state index < -0.39 is 0 Å². The number of rotatable bonds is 5. The quantitative estimate of drug-likeness (QED) is 0.776. The molecule has 0 radical (unpaired) electrons. The van der Waals surface area contributed by atoms with Crippen molar-refractivity contribution in [1.82, 2.24) is 9.97 Å². The van der Waals surface area contributed by atoms with Gasteiger partial charge in [-0.1, -0.05) is 6.92 Å². The molecule has 72 valence electrons. The molecule has 1 aromatic heterocycles. The van der Waals surface area contributed by atoms with Gasteiger partial charge in [0.1, 0.15) is 0 Å². The van der Waals surface area contributed by atoms with Gasteiger partial charge in [0.25, 0.3) is 0 Å². The van der Waals surface area contributed by atoms with Crippen LogP contribution in [0.2, 0.25) is 0 Å². The number of nitrogens with two attached hydrogens (primary N) is 1. The van der Waals surface area contributed by atoms with Gasteiger partial charge < -0.3 is 5.73 Å². The summed E-state index contributed by atoms with van der Waals surface area (Å²) in [7, 11) is 0. The fraction of sp³-hybridized carbons (Fsp3) is 0.556. The van der Waals surface area contributed by atoms with Crippen LogP contribution >= 0.6 is 11.8 Å². The Morgan fingerprint density at radius 3 is 3.00 bits per heavy atom. The van der Waals surface area contributed by atoms with Crippen molar-refractivity contribution in [2.75, 3.05) is 6.54 Å². The molecule has 0 aliphatic rings. The predicted molar refractivity (Wildman–Crippen MR) is 56.5 cm³/mol. The third-order valence-corrected chi connectivity index (χ3v) is 2.97. The lowest BCUT2D eigenvalue weighted by Crippen LogP contribution is -2.07. The molecule has 1 heterocycles. The standard InChI is InChI=1S/C9H15N3S/c1-8(2-3-10)13-7-9-6-11-4-5-12-9/h4-6,8H,2-3,7,10H2,1H3. The maximum atomic E-state index is 5.46. The lowest BCUT2D eigenvalue weighted by molar-refractivity contribution is 0.822. The fourth-order valence-electron chi connectivity index (χ4n) is 0.950. The van der Waals surface area contributed by atoms with Gasteiger partial charge in [-0.3, -0.25) is 9.97 Å². The number of thioether (sulfide) groups is 1. The molecule has 1 unspecified atom stereocenters. The largest absolute Gasteiger partial charge is 0.330 e. The average molecular weight is 197 g/mol. The van der Waals surface area contributed by atoms with E-state index in [4.69, 9.17) is 5.73 Å². The Morgan fingerprint density at radius 2 is 2.38 bits per heavy atom. The molecule has 13 heavy (non-hydrogen) atoms. The van der Waals surface area contributed by atoms with Crippen LogP contribution in [0.3, 0.4) is 0 Å². The Labute approximate surface area is 83.2 Å². The van der Waals surface area contributed by atoms with Crippen molar-refractivity contribution in [2.24, 2.45) is 5.73 Å². The van der Waals surface area contributed by atoms with Crippen LogP contribution in [0.25, 0.3) is 0 Å². The van der Waals surface area contributed by atoms with Crippen LogP contribution in [0, 0.1) is 0 Å². The van der Waals surface area contributed by atoms with Crippen molar-refractivity contribution in [3.05, 3.63) is 24.3 Å². The molecule has 0 saturated carbocycles. The number of aromatic nitrogens is 2. The van der Waals surface area contributed by atoms with Gasteiger partial charge in [-0.2, -0.15) is 11.8 Å². The maximum Gasteiger partial charge on any atom is 0.0685 e. The summed E-state index contributed by atoms with van der Waals surface area (Å²) >= 11 is 1.87. The topological polar surface area (TPSA) is 51.8 Å². The van der Waals surface area contributed by atoms with Gasteiger partial charge in [0.2, 0.25) is 0 Å². The molecule has 0 saturated heterocycles. The molecule has 0 amide bonds. The van der Waals surface area contributed by atoms with Crippen molar-refractivity contribution in [3.8, 4) is 0 Å². The van der Waals surface area contributed by atoms with Gasteiger partial charge in [0.05, 0.1) is 5.69 Å². The van der Waals surface area contributed by atoms with Crippen LogP contribution in [0.1, 0.15) is 19.0 Å². The van der Waals surface area contributed by atoms with E-state index in [2.05, 4.69) is 16.9 Å². The molecule has 0 spiro atoms. The summed E-state index contributed by atoms with van der Waals surface area (Å²) in [5.41, 5.74) is 6.50. The Hall–Kier alpha value is -0.610. The summed E-state index contributed by atoms with van der Waals surface area (Å²) in [4.78, 5) is 8.20. The Balaban J connectivity index is 2.27. The van der Waals surface area contributed by atoms with Gasteiger partial charge >= 0.3 is 0 Å². The normalized spacial score (nSPS) is 12.8. The maximum absolute atomic E-state index is 5.46. The Kier molecular flexibility index (Phi) is 4.78. The van der Waals surface area contributed by atoms with E-state index in [1.807, 2.05) is 18.0 Å². The molecule has 0 bridgehead atoms. The van der Waals surface area contributed by atoms with Gasteiger partial charge in [0, 0.05) is 29.6 Å². The highest BCUT2D eigenvalue weighted by Crippen LogP contribution is 2.17. The summed E-state index contributed by atoms with van der Waals surface area (Å²) in [5, 5.41) is 0.604. The monoisotopic (exact) mass is 197 g/mol. The van der Waals surface area contributed by atoms with Gasteiger partial charge in [-0.25, -0.2) is 0 Å². The van der Waals surface area contributed by atoms with Crippen LogP contribution < -0.4 is 5.73 Å². The van der Waals surface area contributed by atoms with Crippen LogP contribution in [0.4, 0.5) is 0 Å². The fourth-order valence-corrected chi connectivity index (χ4v) is 1.86.